The molecule has 0 bridgehead atoms. The summed E-state index contributed by atoms with van der Waals surface area (Å²) in [5.74, 6) is -0.465. The van der Waals surface area contributed by atoms with Gasteiger partial charge in [-0.25, -0.2) is 9.59 Å². The number of benzene rings is 1. The third kappa shape index (κ3) is 4.86. The van der Waals surface area contributed by atoms with Crippen LogP contribution in [0.1, 0.15) is 12.5 Å². The van der Waals surface area contributed by atoms with Gasteiger partial charge in [0.15, 0.2) is 0 Å². The van der Waals surface area contributed by atoms with Gasteiger partial charge in [0.1, 0.15) is 6.04 Å². The number of urea groups is 1. The molecule has 0 spiro atoms. The first-order chi connectivity index (χ1) is 8.63. The van der Waals surface area contributed by atoms with Crippen LogP contribution in [0.3, 0.4) is 0 Å². The van der Waals surface area contributed by atoms with Crippen LogP contribution in [0, 0.1) is 0 Å². The summed E-state index contributed by atoms with van der Waals surface area (Å²) in [5.41, 5.74) is 1.15. The summed E-state index contributed by atoms with van der Waals surface area (Å²) in [7, 11) is 1.29. The van der Waals surface area contributed by atoms with Gasteiger partial charge < -0.3 is 15.4 Å². The van der Waals surface area contributed by atoms with Gasteiger partial charge in [-0.15, -0.1) is 0 Å². The SMILES string of the molecule is COC(=O)C(C)NC(=O)NCCc1ccccc1. The lowest BCUT2D eigenvalue weighted by Crippen LogP contribution is -2.45. The summed E-state index contributed by atoms with van der Waals surface area (Å²) in [5, 5.41) is 5.18. The van der Waals surface area contributed by atoms with Crippen LogP contribution in [0.2, 0.25) is 0 Å². The molecule has 0 fully saturated rings. The zero-order chi connectivity index (χ0) is 13.4. The highest BCUT2D eigenvalue weighted by Crippen LogP contribution is 1.98. The van der Waals surface area contributed by atoms with E-state index in [1.807, 2.05) is 30.3 Å². The summed E-state index contributed by atoms with van der Waals surface area (Å²) in [6.45, 7) is 2.09. The monoisotopic (exact) mass is 250 g/mol. The predicted molar refractivity (Wildman–Crippen MR) is 68.2 cm³/mol. The standard InChI is InChI=1S/C13H18N2O3/c1-10(12(16)18-2)15-13(17)14-9-8-11-6-4-3-5-7-11/h3-7,10H,8-9H2,1-2H3,(H2,14,15,17). The van der Waals surface area contributed by atoms with Crippen molar-refractivity contribution in [1.29, 1.82) is 0 Å². The van der Waals surface area contributed by atoms with E-state index in [0.717, 1.165) is 12.0 Å². The first-order valence-electron chi connectivity index (χ1n) is 5.79. The van der Waals surface area contributed by atoms with E-state index in [4.69, 9.17) is 0 Å². The van der Waals surface area contributed by atoms with E-state index in [1.54, 1.807) is 6.92 Å². The molecule has 2 amide bonds. The molecule has 1 atom stereocenters. The van der Waals surface area contributed by atoms with Crippen molar-refractivity contribution in [2.75, 3.05) is 13.7 Å². The van der Waals surface area contributed by atoms with Gasteiger partial charge in [-0.3, -0.25) is 0 Å². The largest absolute Gasteiger partial charge is 0.467 e. The molecule has 18 heavy (non-hydrogen) atoms. The molecular weight excluding hydrogens is 232 g/mol. The van der Waals surface area contributed by atoms with E-state index < -0.39 is 12.0 Å². The van der Waals surface area contributed by atoms with Gasteiger partial charge in [0, 0.05) is 6.54 Å². The second-order valence-corrected chi connectivity index (χ2v) is 3.88. The number of amides is 2. The molecule has 0 aromatic heterocycles. The minimum absolute atomic E-state index is 0.371. The highest BCUT2D eigenvalue weighted by Gasteiger charge is 2.14. The minimum Gasteiger partial charge on any atom is -0.467 e. The molecule has 0 aliphatic heterocycles. The average molecular weight is 250 g/mol. The second-order valence-electron chi connectivity index (χ2n) is 3.88. The molecule has 1 rings (SSSR count). The van der Waals surface area contributed by atoms with Crippen LogP contribution in [-0.2, 0) is 16.0 Å². The Balaban J connectivity index is 2.23. The van der Waals surface area contributed by atoms with Crippen LogP contribution in [-0.4, -0.2) is 31.7 Å². The number of ether oxygens (including phenoxy) is 1. The van der Waals surface area contributed by atoms with Gasteiger partial charge in [-0.1, -0.05) is 30.3 Å². The van der Waals surface area contributed by atoms with Crippen molar-refractivity contribution in [1.82, 2.24) is 10.6 Å². The van der Waals surface area contributed by atoms with E-state index in [1.165, 1.54) is 7.11 Å². The fourth-order valence-electron chi connectivity index (χ4n) is 1.45. The van der Waals surface area contributed by atoms with Gasteiger partial charge in [-0.05, 0) is 18.9 Å². The highest BCUT2D eigenvalue weighted by atomic mass is 16.5. The van der Waals surface area contributed by atoms with Gasteiger partial charge in [-0.2, -0.15) is 0 Å². The van der Waals surface area contributed by atoms with Crippen molar-refractivity contribution < 1.29 is 14.3 Å². The maximum atomic E-state index is 11.4. The number of carbonyl (C=O) groups is 2. The zero-order valence-corrected chi connectivity index (χ0v) is 10.6. The summed E-state index contributed by atoms with van der Waals surface area (Å²) in [4.78, 5) is 22.5. The Morgan fingerprint density at radius 3 is 2.56 bits per heavy atom. The maximum Gasteiger partial charge on any atom is 0.328 e. The van der Waals surface area contributed by atoms with E-state index in [9.17, 15) is 9.59 Å². The van der Waals surface area contributed by atoms with Crippen molar-refractivity contribution >= 4 is 12.0 Å². The van der Waals surface area contributed by atoms with Crippen molar-refractivity contribution in [2.45, 2.75) is 19.4 Å². The Labute approximate surface area is 107 Å². The van der Waals surface area contributed by atoms with Gasteiger partial charge in [0.25, 0.3) is 0 Å². The van der Waals surface area contributed by atoms with Crippen molar-refractivity contribution in [3.05, 3.63) is 35.9 Å². The highest BCUT2D eigenvalue weighted by molar-refractivity contribution is 5.83. The van der Waals surface area contributed by atoms with E-state index in [0.29, 0.717) is 6.54 Å². The summed E-state index contributed by atoms with van der Waals surface area (Å²) in [6, 6.07) is 8.83. The molecule has 98 valence electrons. The molecule has 1 aromatic carbocycles. The number of nitrogens with one attached hydrogen (secondary N) is 2. The van der Waals surface area contributed by atoms with Crippen molar-refractivity contribution in [2.24, 2.45) is 0 Å². The molecule has 0 heterocycles. The molecule has 5 heteroatoms. The normalized spacial score (nSPS) is 11.4. The zero-order valence-electron chi connectivity index (χ0n) is 10.6. The maximum absolute atomic E-state index is 11.4. The van der Waals surface area contributed by atoms with Gasteiger partial charge in [0.2, 0.25) is 0 Å². The van der Waals surface area contributed by atoms with Gasteiger partial charge >= 0.3 is 12.0 Å². The van der Waals surface area contributed by atoms with Crippen LogP contribution in [0.15, 0.2) is 30.3 Å². The quantitative estimate of drug-likeness (QED) is 0.769. The number of carbonyl (C=O) groups excluding carboxylic acids is 2. The molecule has 5 nitrogen and oxygen atoms in total. The van der Waals surface area contributed by atoms with Crippen LogP contribution >= 0.6 is 0 Å². The number of rotatable bonds is 5. The van der Waals surface area contributed by atoms with Crippen LogP contribution in [0.5, 0.6) is 0 Å². The lowest BCUT2D eigenvalue weighted by atomic mass is 10.1. The minimum atomic E-state index is -0.647. The average Bonchev–Trinajstić information content (AvgIpc) is 2.38. The molecule has 2 N–H and O–H groups in total. The Morgan fingerprint density at radius 2 is 1.94 bits per heavy atom. The first kappa shape index (κ1) is 14.0. The third-order valence-corrected chi connectivity index (χ3v) is 2.44. The smallest absolute Gasteiger partial charge is 0.328 e. The summed E-state index contributed by atoms with van der Waals surface area (Å²) < 4.78 is 4.51. The molecule has 0 saturated carbocycles. The lowest BCUT2D eigenvalue weighted by Gasteiger charge is -2.12. The molecule has 0 saturated heterocycles. The Kier molecular flexibility index (Phi) is 5.70. The number of methoxy groups -OCH3 is 1. The van der Waals surface area contributed by atoms with E-state index in [-0.39, 0.29) is 6.03 Å². The van der Waals surface area contributed by atoms with E-state index >= 15 is 0 Å². The predicted octanol–water partition coefficient (Wildman–Crippen LogP) is 1.09. The van der Waals surface area contributed by atoms with Crippen LogP contribution < -0.4 is 10.6 Å². The Bertz CT molecular complexity index is 392. The second kappa shape index (κ2) is 7.32. The topological polar surface area (TPSA) is 67.4 Å². The lowest BCUT2D eigenvalue weighted by molar-refractivity contribution is -0.142. The number of hydrogen-bond acceptors (Lipinski definition) is 3. The molecule has 1 unspecified atom stereocenters. The number of esters is 1. The Morgan fingerprint density at radius 1 is 1.28 bits per heavy atom. The van der Waals surface area contributed by atoms with Crippen LogP contribution in [0.4, 0.5) is 4.79 Å². The summed E-state index contributed by atoms with van der Waals surface area (Å²) in [6.07, 6.45) is 0.751. The molecular formula is C13H18N2O3. The fraction of sp³-hybridized carbons (Fsp3) is 0.385. The third-order valence-electron chi connectivity index (χ3n) is 2.44. The van der Waals surface area contributed by atoms with Crippen molar-refractivity contribution in [3.63, 3.8) is 0 Å². The van der Waals surface area contributed by atoms with E-state index in [2.05, 4.69) is 15.4 Å². The Hall–Kier alpha value is -2.04. The molecule has 0 radical (unpaired) electrons. The van der Waals surface area contributed by atoms with Crippen LogP contribution in [0.25, 0.3) is 0 Å². The fourth-order valence-corrected chi connectivity index (χ4v) is 1.45. The molecule has 1 aromatic rings. The summed E-state index contributed by atoms with van der Waals surface area (Å²) >= 11 is 0. The molecule has 0 aliphatic rings. The number of hydrogen-bond donors (Lipinski definition) is 2. The first-order valence-corrected chi connectivity index (χ1v) is 5.79. The molecule has 0 aliphatic carbocycles. The van der Waals surface area contributed by atoms with Crippen molar-refractivity contribution in [3.8, 4) is 0 Å². The van der Waals surface area contributed by atoms with Gasteiger partial charge in [0.05, 0.1) is 7.11 Å².